The van der Waals surface area contributed by atoms with Gasteiger partial charge in [0.2, 0.25) is 11.8 Å². The molecule has 0 aromatic heterocycles. The number of benzene rings is 1. The van der Waals surface area contributed by atoms with E-state index in [-0.39, 0.29) is 25.4 Å². The van der Waals surface area contributed by atoms with Gasteiger partial charge in [0.1, 0.15) is 0 Å². The molecule has 2 aliphatic rings. The molecule has 4 amide bonds. The fraction of sp³-hybridized carbons (Fsp3) is 0.455. The summed E-state index contributed by atoms with van der Waals surface area (Å²) in [5.41, 5.74) is 6.34. The van der Waals surface area contributed by atoms with E-state index in [1.165, 1.54) is 4.90 Å². The highest BCUT2D eigenvalue weighted by molar-refractivity contribution is 6.07. The van der Waals surface area contributed by atoms with Crippen LogP contribution in [0.5, 0.6) is 0 Å². The number of nitrogens with one attached hydrogen (secondary N) is 1. The molecular weight excluding hydrogens is 414 g/mol. The van der Waals surface area contributed by atoms with Crippen molar-refractivity contribution in [2.75, 3.05) is 32.7 Å². The summed E-state index contributed by atoms with van der Waals surface area (Å²) >= 11 is 0. The third kappa shape index (κ3) is 5.19. The van der Waals surface area contributed by atoms with Gasteiger partial charge in [-0.2, -0.15) is 0 Å². The average Bonchev–Trinajstić information content (AvgIpc) is 2.77. The molecule has 2 fully saturated rings. The molecule has 4 N–H and O–H groups in total. The number of likely N-dealkylation sites (tertiary alicyclic amines) is 1. The predicted molar refractivity (Wildman–Crippen MR) is 116 cm³/mol. The van der Waals surface area contributed by atoms with Gasteiger partial charge in [-0.25, -0.2) is 14.5 Å². The Bertz CT molecular complexity index is 882. The number of nitrogens with two attached hydrogens (primary N) is 1. The van der Waals surface area contributed by atoms with E-state index in [1.807, 2.05) is 30.3 Å². The Balaban J connectivity index is 1.51. The van der Waals surface area contributed by atoms with Gasteiger partial charge in [-0.3, -0.25) is 9.59 Å². The minimum Gasteiger partial charge on any atom is -0.480 e. The normalized spacial score (nSPS) is 20.5. The largest absolute Gasteiger partial charge is 0.480 e. The van der Waals surface area contributed by atoms with Crippen LogP contribution in [0.15, 0.2) is 42.7 Å². The van der Waals surface area contributed by atoms with Crippen molar-refractivity contribution in [3.8, 4) is 0 Å². The molecule has 0 spiro atoms. The Labute approximate surface area is 186 Å². The van der Waals surface area contributed by atoms with Crippen molar-refractivity contribution in [2.24, 2.45) is 11.7 Å². The Hall–Kier alpha value is -3.56. The zero-order chi connectivity index (χ0) is 23.3. The molecule has 10 nitrogen and oxygen atoms in total. The molecule has 0 aliphatic carbocycles. The van der Waals surface area contributed by atoms with Crippen molar-refractivity contribution in [1.29, 1.82) is 0 Å². The van der Waals surface area contributed by atoms with Crippen LogP contribution in [0, 0.1) is 5.92 Å². The molecule has 2 heterocycles. The second kappa shape index (κ2) is 10.2. The number of carbonyl (C=O) groups is 4. The Morgan fingerprint density at radius 1 is 1.09 bits per heavy atom. The van der Waals surface area contributed by atoms with Gasteiger partial charge in [0.15, 0.2) is 6.04 Å². The number of carbonyl (C=O) groups excluding carboxylic acids is 3. The van der Waals surface area contributed by atoms with Crippen LogP contribution in [0.4, 0.5) is 4.79 Å². The van der Waals surface area contributed by atoms with Crippen LogP contribution in [-0.2, 0) is 20.8 Å². The average molecular weight is 444 g/mol. The number of amides is 4. The molecule has 172 valence electrons. The molecule has 0 bridgehead atoms. The molecule has 2 aliphatic heterocycles. The van der Waals surface area contributed by atoms with Gasteiger partial charge in [-0.15, -0.1) is 0 Å². The highest BCUT2D eigenvalue weighted by atomic mass is 16.4. The molecule has 2 atom stereocenters. The Morgan fingerprint density at radius 2 is 1.72 bits per heavy atom. The van der Waals surface area contributed by atoms with E-state index < -0.39 is 29.9 Å². The highest BCUT2D eigenvalue weighted by Gasteiger charge is 2.55. The minimum atomic E-state index is -1.20. The van der Waals surface area contributed by atoms with Gasteiger partial charge >= 0.3 is 12.0 Å². The summed E-state index contributed by atoms with van der Waals surface area (Å²) in [5.74, 6) is -2.14. The number of rotatable bonds is 8. The first kappa shape index (κ1) is 23.1. The van der Waals surface area contributed by atoms with E-state index in [1.54, 1.807) is 4.90 Å². The second-order valence-corrected chi connectivity index (χ2v) is 8.00. The van der Waals surface area contributed by atoms with E-state index in [4.69, 9.17) is 5.73 Å². The van der Waals surface area contributed by atoms with Gasteiger partial charge in [0.05, 0.1) is 18.2 Å². The summed E-state index contributed by atoms with van der Waals surface area (Å²) in [6.45, 7) is 5.17. The molecule has 2 saturated heterocycles. The lowest BCUT2D eigenvalue weighted by Crippen LogP contribution is -2.69. The van der Waals surface area contributed by atoms with Crippen molar-refractivity contribution < 1.29 is 24.3 Å². The first-order valence-electron chi connectivity index (χ1n) is 10.6. The summed E-state index contributed by atoms with van der Waals surface area (Å²) in [4.78, 5) is 53.6. The van der Waals surface area contributed by atoms with Crippen LogP contribution >= 0.6 is 0 Å². The third-order valence-corrected chi connectivity index (χ3v) is 5.82. The molecule has 1 aromatic rings. The lowest BCUT2D eigenvalue weighted by Gasteiger charge is -2.46. The van der Waals surface area contributed by atoms with Gasteiger partial charge in [0.25, 0.3) is 0 Å². The molecule has 1 unspecified atom stereocenters. The number of hydrogen-bond acceptors (Lipinski definition) is 6. The number of nitrogens with zero attached hydrogens (tertiary/aromatic N) is 3. The van der Waals surface area contributed by atoms with Crippen molar-refractivity contribution >= 4 is 23.8 Å². The number of imide groups is 1. The Kier molecular flexibility index (Phi) is 7.34. The van der Waals surface area contributed by atoms with Gasteiger partial charge in [-0.1, -0.05) is 36.9 Å². The zero-order valence-electron chi connectivity index (χ0n) is 17.9. The number of urea groups is 1. The van der Waals surface area contributed by atoms with Crippen molar-refractivity contribution in [3.63, 3.8) is 0 Å². The van der Waals surface area contributed by atoms with E-state index in [0.29, 0.717) is 38.3 Å². The summed E-state index contributed by atoms with van der Waals surface area (Å²) in [7, 11) is 0. The summed E-state index contributed by atoms with van der Waals surface area (Å²) in [6, 6.07) is 7.63. The van der Waals surface area contributed by atoms with E-state index in [2.05, 4.69) is 11.9 Å². The quantitative estimate of drug-likeness (QED) is 0.386. The van der Waals surface area contributed by atoms with Crippen LogP contribution in [0.2, 0.25) is 0 Å². The maximum atomic E-state index is 12.9. The number of aliphatic carboxylic acids is 1. The maximum absolute atomic E-state index is 12.9. The van der Waals surface area contributed by atoms with Crippen LogP contribution in [0.3, 0.4) is 0 Å². The van der Waals surface area contributed by atoms with Crippen LogP contribution < -0.4 is 11.1 Å². The SMILES string of the molecule is C=C(N)NCCC[C@H]1C(=O)N(C(=O)N2CCN(C(=O)Cc3ccccc3)CC2)C1C(=O)O. The number of piperazine rings is 1. The van der Waals surface area contributed by atoms with Gasteiger partial charge < -0.3 is 26.0 Å². The highest BCUT2D eigenvalue weighted by Crippen LogP contribution is 2.32. The molecule has 1 aromatic carbocycles. The van der Waals surface area contributed by atoms with Crippen molar-refractivity contribution in [2.45, 2.75) is 25.3 Å². The molecule has 0 radical (unpaired) electrons. The van der Waals surface area contributed by atoms with E-state index in [0.717, 1.165) is 10.5 Å². The standard InChI is InChI=1S/C22H29N5O5/c1-15(23)24-9-5-8-17-19(21(30)31)27(20(17)29)22(32)26-12-10-25(11-13-26)18(28)14-16-6-3-2-4-7-16/h2-4,6-7,17,19,24H,1,5,8-14,23H2,(H,30,31)/t17-,19?/m1/s1. The number of β-lactam (4-membered cyclic amide) rings is 1. The third-order valence-electron chi connectivity index (χ3n) is 5.82. The van der Waals surface area contributed by atoms with Gasteiger partial charge in [-0.05, 0) is 18.4 Å². The molecule has 10 heteroatoms. The fourth-order valence-electron chi connectivity index (χ4n) is 4.08. The van der Waals surface area contributed by atoms with E-state index in [9.17, 15) is 24.3 Å². The van der Waals surface area contributed by atoms with Gasteiger partial charge in [0, 0.05) is 32.7 Å². The maximum Gasteiger partial charge on any atom is 0.327 e. The smallest absolute Gasteiger partial charge is 0.327 e. The first-order chi connectivity index (χ1) is 15.3. The van der Waals surface area contributed by atoms with Crippen LogP contribution in [-0.4, -0.2) is 82.4 Å². The lowest BCUT2D eigenvalue weighted by atomic mass is 9.83. The second-order valence-electron chi connectivity index (χ2n) is 8.00. The molecule has 32 heavy (non-hydrogen) atoms. The molecular formula is C22H29N5O5. The van der Waals surface area contributed by atoms with Crippen LogP contribution in [0.1, 0.15) is 18.4 Å². The predicted octanol–water partition coefficient (Wildman–Crippen LogP) is 0.205. The summed E-state index contributed by atoms with van der Waals surface area (Å²) in [6.07, 6.45) is 1.15. The Morgan fingerprint density at radius 3 is 2.31 bits per heavy atom. The monoisotopic (exact) mass is 443 g/mol. The topological polar surface area (TPSA) is 136 Å². The fourth-order valence-corrected chi connectivity index (χ4v) is 4.08. The molecule has 0 saturated carbocycles. The van der Waals surface area contributed by atoms with Crippen molar-refractivity contribution in [1.82, 2.24) is 20.0 Å². The summed E-state index contributed by atoms with van der Waals surface area (Å²) in [5, 5.41) is 12.4. The first-order valence-corrected chi connectivity index (χ1v) is 10.6. The molecule has 3 rings (SSSR count). The van der Waals surface area contributed by atoms with Crippen molar-refractivity contribution in [3.05, 3.63) is 48.3 Å². The lowest BCUT2D eigenvalue weighted by molar-refractivity contribution is -0.167. The zero-order valence-corrected chi connectivity index (χ0v) is 17.9. The van der Waals surface area contributed by atoms with E-state index >= 15 is 0 Å². The summed E-state index contributed by atoms with van der Waals surface area (Å²) < 4.78 is 0. The number of carboxylic acids is 1. The number of carboxylic acid groups (broad SMARTS) is 1. The number of hydrogen-bond donors (Lipinski definition) is 3. The minimum absolute atomic E-state index is 0.0272. The van der Waals surface area contributed by atoms with Crippen LogP contribution in [0.25, 0.3) is 0 Å².